The zero-order chi connectivity index (χ0) is 23.3. The number of hydrogen-bond donors (Lipinski definition) is 2. The summed E-state index contributed by atoms with van der Waals surface area (Å²) in [7, 11) is 0. The van der Waals surface area contributed by atoms with Gasteiger partial charge in [0.1, 0.15) is 12.4 Å². The maximum Gasteiger partial charge on any atom is 0.234 e. The molecule has 0 spiro atoms. The number of rotatable bonds is 8. The van der Waals surface area contributed by atoms with E-state index in [0.29, 0.717) is 11.0 Å². The third-order valence-corrected chi connectivity index (χ3v) is 6.15. The number of para-hydroxylation sites is 2. The monoisotopic (exact) mass is 470 g/mol. The minimum atomic E-state index is -0.131. The van der Waals surface area contributed by atoms with Gasteiger partial charge < -0.3 is 10.1 Å². The molecule has 0 aliphatic heterocycles. The highest BCUT2D eigenvalue weighted by Crippen LogP contribution is 2.24. The van der Waals surface area contributed by atoms with Gasteiger partial charge in [-0.1, -0.05) is 48.2 Å². The molecule has 8 nitrogen and oxygen atoms in total. The van der Waals surface area contributed by atoms with E-state index in [4.69, 9.17) is 4.74 Å². The molecule has 0 radical (unpaired) electrons. The summed E-state index contributed by atoms with van der Waals surface area (Å²) in [5.41, 5.74) is 3.59. The third kappa shape index (κ3) is 4.79. The van der Waals surface area contributed by atoms with Gasteiger partial charge in [-0.2, -0.15) is 5.10 Å². The molecule has 5 aromatic rings. The van der Waals surface area contributed by atoms with Crippen LogP contribution in [0, 0.1) is 6.92 Å². The van der Waals surface area contributed by atoms with E-state index >= 15 is 0 Å². The van der Waals surface area contributed by atoms with Crippen molar-refractivity contribution in [2.45, 2.75) is 18.7 Å². The van der Waals surface area contributed by atoms with E-state index in [9.17, 15) is 4.79 Å². The number of anilines is 1. The first-order valence-electron chi connectivity index (χ1n) is 10.7. The average Bonchev–Trinajstić information content (AvgIpc) is 3.49. The molecule has 2 heterocycles. The zero-order valence-corrected chi connectivity index (χ0v) is 19.2. The summed E-state index contributed by atoms with van der Waals surface area (Å²) in [6.45, 7) is 2.26. The fourth-order valence-corrected chi connectivity index (χ4v) is 4.30. The van der Waals surface area contributed by atoms with Gasteiger partial charge in [-0.15, -0.1) is 10.2 Å². The van der Waals surface area contributed by atoms with Crippen LogP contribution in [0.3, 0.4) is 0 Å². The number of nitrogens with one attached hydrogen (secondary N) is 2. The third-order valence-electron chi connectivity index (χ3n) is 5.22. The van der Waals surface area contributed by atoms with Gasteiger partial charge in [-0.3, -0.25) is 14.5 Å². The molecular formula is C25H22N6O2S. The summed E-state index contributed by atoms with van der Waals surface area (Å²) >= 11 is 1.32. The van der Waals surface area contributed by atoms with Crippen LogP contribution in [0.15, 0.2) is 84.1 Å². The van der Waals surface area contributed by atoms with E-state index in [2.05, 4.69) is 25.7 Å². The minimum absolute atomic E-state index is 0.131. The van der Waals surface area contributed by atoms with Crippen molar-refractivity contribution in [3.63, 3.8) is 0 Å². The fraction of sp³-hybridized carbons (Fsp3) is 0.120. The summed E-state index contributed by atoms with van der Waals surface area (Å²) in [5, 5.41) is 20.1. The minimum Gasteiger partial charge on any atom is -0.485 e. The smallest absolute Gasteiger partial charge is 0.234 e. The van der Waals surface area contributed by atoms with Crippen molar-refractivity contribution in [3.05, 3.63) is 90.4 Å². The van der Waals surface area contributed by atoms with Crippen molar-refractivity contribution in [3.8, 4) is 11.4 Å². The molecule has 0 unspecified atom stereocenters. The highest BCUT2D eigenvalue weighted by Gasteiger charge is 2.17. The standard InChI is InChI=1S/C25H22N6O2S/c1-17-7-5-6-10-22(17)33-15-23-29-30-25(31(23)20-8-3-2-4-9-20)34-16-24(32)27-19-11-12-21-18(13-19)14-26-28-21/h2-14H,15-16H2,1H3,(H,26,28)(H,27,32). The van der Waals surface area contributed by atoms with Gasteiger partial charge in [0, 0.05) is 16.8 Å². The summed E-state index contributed by atoms with van der Waals surface area (Å²) in [5.74, 6) is 1.51. The molecule has 0 bridgehead atoms. The first-order chi connectivity index (χ1) is 16.7. The maximum absolute atomic E-state index is 12.6. The summed E-state index contributed by atoms with van der Waals surface area (Å²) < 4.78 is 7.94. The van der Waals surface area contributed by atoms with Crippen molar-refractivity contribution < 1.29 is 9.53 Å². The van der Waals surface area contributed by atoms with Crippen LogP contribution >= 0.6 is 11.8 Å². The van der Waals surface area contributed by atoms with Gasteiger partial charge in [-0.05, 0) is 48.9 Å². The van der Waals surface area contributed by atoms with Crippen LogP contribution in [0.25, 0.3) is 16.6 Å². The van der Waals surface area contributed by atoms with Gasteiger partial charge in [0.25, 0.3) is 0 Å². The molecule has 3 aromatic carbocycles. The molecule has 34 heavy (non-hydrogen) atoms. The van der Waals surface area contributed by atoms with Crippen LogP contribution in [0.5, 0.6) is 5.75 Å². The van der Waals surface area contributed by atoms with Crippen molar-refractivity contribution in [1.29, 1.82) is 0 Å². The fourth-order valence-electron chi connectivity index (χ4n) is 3.53. The molecule has 0 aliphatic rings. The second-order valence-corrected chi connectivity index (χ2v) is 8.58. The van der Waals surface area contributed by atoms with Crippen LogP contribution in [-0.4, -0.2) is 36.6 Å². The number of aromatic nitrogens is 5. The molecule has 0 saturated heterocycles. The van der Waals surface area contributed by atoms with Crippen LogP contribution in [0.4, 0.5) is 5.69 Å². The number of aromatic amines is 1. The van der Waals surface area contributed by atoms with E-state index in [-0.39, 0.29) is 18.3 Å². The lowest BCUT2D eigenvalue weighted by Gasteiger charge is -2.12. The van der Waals surface area contributed by atoms with Crippen molar-refractivity contribution in [1.82, 2.24) is 25.0 Å². The zero-order valence-electron chi connectivity index (χ0n) is 18.4. The van der Waals surface area contributed by atoms with Crippen LogP contribution in [0.2, 0.25) is 0 Å². The van der Waals surface area contributed by atoms with E-state index in [1.807, 2.05) is 84.3 Å². The number of ether oxygens (including phenoxy) is 1. The lowest BCUT2D eigenvalue weighted by Crippen LogP contribution is -2.14. The van der Waals surface area contributed by atoms with Crippen molar-refractivity contribution in [2.24, 2.45) is 0 Å². The molecule has 0 saturated carbocycles. The molecule has 9 heteroatoms. The Kier molecular flexibility index (Phi) is 6.26. The van der Waals surface area contributed by atoms with Crippen molar-refractivity contribution >= 4 is 34.3 Å². The highest BCUT2D eigenvalue weighted by molar-refractivity contribution is 7.99. The van der Waals surface area contributed by atoms with Crippen LogP contribution < -0.4 is 10.1 Å². The number of aryl methyl sites for hydroxylation is 1. The number of H-pyrrole nitrogens is 1. The second-order valence-electron chi connectivity index (χ2n) is 7.63. The molecule has 170 valence electrons. The Morgan fingerprint density at radius 1 is 1.06 bits per heavy atom. The molecule has 0 atom stereocenters. The lowest BCUT2D eigenvalue weighted by molar-refractivity contribution is -0.113. The number of fused-ring (bicyclic) bond motifs is 1. The second kappa shape index (κ2) is 9.80. The summed E-state index contributed by atoms with van der Waals surface area (Å²) in [4.78, 5) is 12.6. The molecule has 2 N–H and O–H groups in total. The Bertz CT molecular complexity index is 1430. The molecular weight excluding hydrogens is 448 g/mol. The Morgan fingerprint density at radius 3 is 2.74 bits per heavy atom. The predicted octanol–water partition coefficient (Wildman–Crippen LogP) is 4.76. The maximum atomic E-state index is 12.6. The van der Waals surface area contributed by atoms with Crippen molar-refractivity contribution in [2.75, 3.05) is 11.1 Å². The number of benzene rings is 3. The Hall–Kier alpha value is -4.11. The van der Waals surface area contributed by atoms with Gasteiger partial charge in [0.15, 0.2) is 11.0 Å². The van der Waals surface area contributed by atoms with Gasteiger partial charge in [0.2, 0.25) is 5.91 Å². The van der Waals surface area contributed by atoms with Crippen LogP contribution in [0.1, 0.15) is 11.4 Å². The highest BCUT2D eigenvalue weighted by atomic mass is 32.2. The molecule has 0 fully saturated rings. The number of amides is 1. The SMILES string of the molecule is Cc1ccccc1OCc1nnc(SCC(=O)Nc2ccc3[nH]ncc3c2)n1-c1ccccc1. The number of thioether (sulfide) groups is 1. The van der Waals surface area contributed by atoms with Crippen LogP contribution in [-0.2, 0) is 11.4 Å². The summed E-state index contributed by atoms with van der Waals surface area (Å²) in [6.07, 6.45) is 1.72. The normalized spacial score (nSPS) is 11.0. The molecule has 2 aromatic heterocycles. The number of carbonyl (C=O) groups excluding carboxylic acids is 1. The lowest BCUT2D eigenvalue weighted by atomic mass is 10.2. The molecule has 0 aliphatic carbocycles. The topological polar surface area (TPSA) is 97.7 Å². The van der Waals surface area contributed by atoms with E-state index in [0.717, 1.165) is 33.6 Å². The Balaban J connectivity index is 1.31. The number of nitrogens with zero attached hydrogens (tertiary/aromatic N) is 4. The van der Waals surface area contributed by atoms with Gasteiger partial charge in [0.05, 0.1) is 17.5 Å². The summed E-state index contributed by atoms with van der Waals surface area (Å²) in [6, 6.07) is 23.3. The van der Waals surface area contributed by atoms with E-state index in [1.165, 1.54) is 11.8 Å². The van der Waals surface area contributed by atoms with E-state index < -0.39 is 0 Å². The first-order valence-corrected chi connectivity index (χ1v) is 11.7. The Morgan fingerprint density at radius 2 is 1.88 bits per heavy atom. The van der Waals surface area contributed by atoms with Gasteiger partial charge >= 0.3 is 0 Å². The molecule has 1 amide bonds. The largest absolute Gasteiger partial charge is 0.485 e. The predicted molar refractivity (Wildman–Crippen MR) is 132 cm³/mol. The first kappa shape index (κ1) is 21.7. The quantitative estimate of drug-likeness (QED) is 0.317. The molecule has 5 rings (SSSR count). The Labute approximate surface area is 200 Å². The van der Waals surface area contributed by atoms with Gasteiger partial charge in [-0.25, -0.2) is 0 Å². The number of carbonyl (C=O) groups is 1. The van der Waals surface area contributed by atoms with E-state index in [1.54, 1.807) is 6.20 Å². The average molecular weight is 471 g/mol. The number of hydrogen-bond acceptors (Lipinski definition) is 6.